The van der Waals surface area contributed by atoms with E-state index in [1.807, 2.05) is 0 Å². The van der Waals surface area contributed by atoms with Crippen molar-refractivity contribution in [2.45, 2.75) is 25.1 Å². The Morgan fingerprint density at radius 2 is 1.44 bits per heavy atom. The first-order valence-electron chi connectivity index (χ1n) is 10.6. The molecule has 1 unspecified atom stereocenters. The van der Waals surface area contributed by atoms with Gasteiger partial charge < -0.3 is 20.0 Å². The van der Waals surface area contributed by atoms with Gasteiger partial charge in [-0.05, 0) is 55.8 Å². The Kier molecular flexibility index (Phi) is 5.37. The maximum Gasteiger partial charge on any atom is 0.417 e. The van der Waals surface area contributed by atoms with E-state index in [9.17, 15) is 22.0 Å². The largest absolute Gasteiger partial charge is 0.488 e. The fourth-order valence-electron chi connectivity index (χ4n) is 4.95. The van der Waals surface area contributed by atoms with Gasteiger partial charge in [0.25, 0.3) is 0 Å². The number of ether oxygens (including phenoxy) is 1. The third kappa shape index (κ3) is 3.45. The molecule has 6 rings (SSSR count). The monoisotopic (exact) mass is 495 g/mol. The van der Waals surface area contributed by atoms with Crippen LogP contribution in [0.4, 0.5) is 22.0 Å². The molecule has 0 saturated carbocycles. The summed E-state index contributed by atoms with van der Waals surface area (Å²) in [5, 5.41) is 3.10. The zero-order valence-electron chi connectivity index (χ0n) is 17.6. The average molecular weight is 496 g/mol. The van der Waals surface area contributed by atoms with Gasteiger partial charge >= 0.3 is 6.18 Å². The molecule has 1 fully saturated rings. The minimum Gasteiger partial charge on any atom is -0.488 e. The third-order valence-corrected chi connectivity index (χ3v) is 6.35. The Balaban J connectivity index is 0.00000241. The quantitative estimate of drug-likeness (QED) is 0.241. The van der Waals surface area contributed by atoms with Crippen molar-refractivity contribution in [2.24, 2.45) is 0 Å². The molecule has 3 aromatic carbocycles. The predicted molar refractivity (Wildman–Crippen MR) is 124 cm³/mol. The van der Waals surface area contributed by atoms with E-state index in [2.05, 4.69) is 15.3 Å². The highest BCUT2D eigenvalue weighted by molar-refractivity contribution is 6.23. The number of nitrogens with one attached hydrogen (secondary N) is 3. The van der Waals surface area contributed by atoms with Gasteiger partial charge in [-0.25, -0.2) is 8.78 Å². The number of rotatable bonds is 3. The van der Waals surface area contributed by atoms with Gasteiger partial charge in [-0.15, -0.1) is 12.4 Å². The highest BCUT2D eigenvalue weighted by Crippen LogP contribution is 2.49. The molecule has 1 aliphatic rings. The van der Waals surface area contributed by atoms with E-state index in [-0.39, 0.29) is 63.4 Å². The molecule has 1 atom stereocenters. The molecule has 1 saturated heterocycles. The first-order valence-corrected chi connectivity index (χ1v) is 10.6. The summed E-state index contributed by atoms with van der Waals surface area (Å²) in [5.74, 6) is -1.10. The van der Waals surface area contributed by atoms with Crippen molar-refractivity contribution >= 4 is 56.0 Å². The fourth-order valence-corrected chi connectivity index (χ4v) is 4.95. The molecular weight excluding hydrogens is 477 g/mol. The molecule has 10 heteroatoms. The summed E-state index contributed by atoms with van der Waals surface area (Å²) >= 11 is 0. The number of alkyl halides is 3. The highest BCUT2D eigenvalue weighted by atomic mass is 35.5. The molecular formula is C24H19ClF5N3O. The van der Waals surface area contributed by atoms with E-state index in [1.54, 1.807) is 0 Å². The molecule has 0 bridgehead atoms. The molecule has 1 aliphatic heterocycles. The number of aromatic nitrogens is 2. The minimum atomic E-state index is -4.79. The van der Waals surface area contributed by atoms with Crippen molar-refractivity contribution in [3.05, 3.63) is 53.6 Å². The summed E-state index contributed by atoms with van der Waals surface area (Å²) in [6, 6.07) is 7.40. The number of aromatic amines is 2. The van der Waals surface area contributed by atoms with Crippen LogP contribution in [0.2, 0.25) is 0 Å². The lowest BCUT2D eigenvalue weighted by atomic mass is 9.98. The van der Waals surface area contributed by atoms with Gasteiger partial charge in [-0.3, -0.25) is 0 Å². The Morgan fingerprint density at radius 3 is 1.91 bits per heavy atom. The van der Waals surface area contributed by atoms with Crippen LogP contribution in [0.25, 0.3) is 43.6 Å². The van der Waals surface area contributed by atoms with Gasteiger partial charge in [0.1, 0.15) is 18.2 Å². The van der Waals surface area contributed by atoms with Crippen LogP contribution in [0.15, 0.2) is 36.4 Å². The summed E-state index contributed by atoms with van der Waals surface area (Å²) in [6.45, 7) is 1.10. The van der Waals surface area contributed by atoms with Gasteiger partial charge in [-0.1, -0.05) is 0 Å². The van der Waals surface area contributed by atoms with E-state index in [1.165, 1.54) is 24.3 Å². The van der Waals surface area contributed by atoms with Gasteiger partial charge in [0.15, 0.2) is 5.75 Å². The minimum absolute atomic E-state index is 0. The number of fused-ring (bicyclic) bond motifs is 6. The molecule has 0 aliphatic carbocycles. The smallest absolute Gasteiger partial charge is 0.417 e. The van der Waals surface area contributed by atoms with E-state index in [0.717, 1.165) is 31.5 Å². The average Bonchev–Trinajstić information content (AvgIpc) is 3.48. The normalized spacial score (nSPS) is 16.7. The Hall–Kier alpha value is -3.04. The first-order chi connectivity index (χ1) is 15.8. The number of hydrogen-bond acceptors (Lipinski definition) is 2. The fraction of sp³-hybridized carbons (Fsp3) is 0.250. The second kappa shape index (κ2) is 8.02. The zero-order valence-corrected chi connectivity index (χ0v) is 18.4. The summed E-state index contributed by atoms with van der Waals surface area (Å²) in [6.07, 6.45) is -2.91. The van der Waals surface area contributed by atoms with Gasteiger partial charge in [0.05, 0.1) is 16.6 Å². The topological polar surface area (TPSA) is 52.8 Å². The van der Waals surface area contributed by atoms with Crippen molar-refractivity contribution in [1.29, 1.82) is 0 Å². The Morgan fingerprint density at radius 1 is 0.882 bits per heavy atom. The van der Waals surface area contributed by atoms with Crippen molar-refractivity contribution in [3.8, 4) is 5.75 Å². The summed E-state index contributed by atoms with van der Waals surface area (Å²) in [4.78, 5) is 6.01. The van der Waals surface area contributed by atoms with E-state index in [0.29, 0.717) is 11.0 Å². The SMILES string of the molecule is Cl.Fc1ccc2[nH]c3c(OCC4CCCN4)c4[nH]c5ccc(F)cc5c4c(C(F)(F)F)c3c2c1. The maximum absolute atomic E-state index is 14.6. The molecule has 34 heavy (non-hydrogen) atoms. The molecule has 4 nitrogen and oxygen atoms in total. The molecule has 0 spiro atoms. The van der Waals surface area contributed by atoms with Crippen LogP contribution in [-0.4, -0.2) is 29.2 Å². The lowest BCUT2D eigenvalue weighted by Crippen LogP contribution is -2.28. The Bertz CT molecular complexity index is 1450. The number of hydrogen-bond donors (Lipinski definition) is 3. The van der Waals surface area contributed by atoms with Crippen LogP contribution in [0.5, 0.6) is 5.75 Å². The molecule has 3 heterocycles. The van der Waals surface area contributed by atoms with Crippen LogP contribution in [0.3, 0.4) is 0 Å². The second-order valence-electron chi connectivity index (χ2n) is 8.44. The molecule has 5 aromatic rings. The van der Waals surface area contributed by atoms with Crippen molar-refractivity contribution in [3.63, 3.8) is 0 Å². The summed E-state index contributed by atoms with van der Waals surface area (Å²) in [5.41, 5.74) is 0.00111. The first kappa shape index (κ1) is 22.7. The second-order valence-corrected chi connectivity index (χ2v) is 8.44. The number of halogens is 6. The standard InChI is InChI=1S/C24H18F5N3O.ClH/c25-11-3-5-16-14(8-11)18-20(24(27,28)29)19-15-9-12(26)4-6-17(15)32-22(19)23(21(18)31-16)33-10-13-2-1-7-30-13;/h3-6,8-9,13,30-32H,1-2,7,10H2;1H. The maximum atomic E-state index is 14.6. The van der Waals surface area contributed by atoms with Crippen LogP contribution < -0.4 is 10.1 Å². The molecule has 0 amide bonds. The van der Waals surface area contributed by atoms with E-state index >= 15 is 0 Å². The predicted octanol–water partition coefficient (Wildman–Crippen LogP) is 6.81. The van der Waals surface area contributed by atoms with Crippen LogP contribution in [0.1, 0.15) is 18.4 Å². The number of H-pyrrole nitrogens is 2. The highest BCUT2D eigenvalue weighted by Gasteiger charge is 2.39. The lowest BCUT2D eigenvalue weighted by Gasteiger charge is -2.17. The zero-order chi connectivity index (χ0) is 22.9. The summed E-state index contributed by atoms with van der Waals surface area (Å²) < 4.78 is 78.0. The van der Waals surface area contributed by atoms with Gasteiger partial charge in [0, 0.05) is 38.6 Å². The van der Waals surface area contributed by atoms with Crippen LogP contribution in [0, 0.1) is 11.6 Å². The van der Waals surface area contributed by atoms with Crippen molar-refractivity contribution < 1.29 is 26.7 Å². The van der Waals surface area contributed by atoms with Gasteiger partial charge in [0.2, 0.25) is 0 Å². The van der Waals surface area contributed by atoms with Crippen molar-refractivity contribution in [1.82, 2.24) is 15.3 Å². The Labute approximate surface area is 195 Å². The van der Waals surface area contributed by atoms with Gasteiger partial charge in [-0.2, -0.15) is 13.2 Å². The van der Waals surface area contributed by atoms with Crippen LogP contribution in [-0.2, 0) is 6.18 Å². The van der Waals surface area contributed by atoms with Crippen molar-refractivity contribution in [2.75, 3.05) is 13.2 Å². The molecule has 3 N–H and O–H groups in total. The molecule has 178 valence electrons. The molecule has 0 radical (unpaired) electrons. The van der Waals surface area contributed by atoms with Crippen LogP contribution >= 0.6 is 12.4 Å². The lowest BCUT2D eigenvalue weighted by molar-refractivity contribution is -0.134. The van der Waals surface area contributed by atoms with E-state index in [4.69, 9.17) is 4.74 Å². The number of benzene rings is 3. The summed E-state index contributed by atoms with van der Waals surface area (Å²) in [7, 11) is 0. The molecule has 2 aromatic heterocycles. The van der Waals surface area contributed by atoms with E-state index < -0.39 is 23.4 Å². The third-order valence-electron chi connectivity index (χ3n) is 6.35.